The van der Waals surface area contributed by atoms with Crippen LogP contribution in [-0.4, -0.2) is 45.7 Å². The SMILES string of the molecule is CCCCN1C(=O)/C(=C/c2cc3cc(C)ccc3nc2N2CCC(C(N)=O)CC2)SC1=S. The molecule has 2 amide bonds. The van der Waals surface area contributed by atoms with Crippen LogP contribution in [0.1, 0.15) is 43.7 Å². The topological polar surface area (TPSA) is 79.5 Å². The Morgan fingerprint density at radius 3 is 2.75 bits per heavy atom. The molecule has 3 heterocycles. The third kappa shape index (κ3) is 4.66. The number of anilines is 1. The van der Waals surface area contributed by atoms with Crippen molar-refractivity contribution in [1.82, 2.24) is 9.88 Å². The van der Waals surface area contributed by atoms with Gasteiger partial charge in [-0.2, -0.15) is 0 Å². The number of fused-ring (bicyclic) bond motifs is 1. The van der Waals surface area contributed by atoms with Crippen LogP contribution in [0.25, 0.3) is 17.0 Å². The number of thiocarbonyl (C=S) groups is 1. The van der Waals surface area contributed by atoms with Gasteiger partial charge >= 0.3 is 0 Å². The third-order valence-electron chi connectivity index (χ3n) is 6.07. The zero-order valence-electron chi connectivity index (χ0n) is 18.5. The summed E-state index contributed by atoms with van der Waals surface area (Å²) in [6.07, 6.45) is 5.28. The van der Waals surface area contributed by atoms with E-state index in [0.29, 0.717) is 41.7 Å². The molecule has 0 saturated carbocycles. The fourth-order valence-corrected chi connectivity index (χ4v) is 5.49. The number of carbonyl (C=O) groups excluding carboxylic acids is 2. The van der Waals surface area contributed by atoms with E-state index >= 15 is 0 Å². The first-order valence-electron chi connectivity index (χ1n) is 11.1. The normalized spacial score (nSPS) is 18.9. The molecule has 0 radical (unpaired) electrons. The van der Waals surface area contributed by atoms with Crippen LogP contribution in [0, 0.1) is 12.8 Å². The number of piperidine rings is 1. The van der Waals surface area contributed by atoms with E-state index in [1.54, 1.807) is 4.90 Å². The minimum absolute atomic E-state index is 0.0313. The van der Waals surface area contributed by atoms with Gasteiger partial charge in [-0.25, -0.2) is 4.98 Å². The number of thioether (sulfide) groups is 1. The molecule has 0 atom stereocenters. The zero-order chi connectivity index (χ0) is 22.8. The van der Waals surface area contributed by atoms with Gasteiger partial charge in [0.1, 0.15) is 10.1 Å². The van der Waals surface area contributed by atoms with Crippen molar-refractivity contribution < 1.29 is 9.59 Å². The second-order valence-corrected chi connectivity index (χ2v) is 10.1. The number of hydrogen-bond donors (Lipinski definition) is 1. The molecule has 1 aromatic heterocycles. The molecule has 32 heavy (non-hydrogen) atoms. The lowest BCUT2D eigenvalue weighted by Gasteiger charge is -2.32. The smallest absolute Gasteiger partial charge is 0.266 e. The predicted octanol–water partition coefficient (Wildman–Crippen LogP) is 4.25. The molecule has 1 aromatic carbocycles. The lowest BCUT2D eigenvalue weighted by molar-refractivity contribution is -0.123. The summed E-state index contributed by atoms with van der Waals surface area (Å²) in [6, 6.07) is 8.29. The van der Waals surface area contributed by atoms with Gasteiger partial charge in [0.25, 0.3) is 5.91 Å². The molecule has 2 aromatic rings. The average molecular weight is 469 g/mol. The van der Waals surface area contributed by atoms with Crippen molar-refractivity contribution in [3.8, 4) is 0 Å². The molecule has 2 aliphatic rings. The third-order valence-corrected chi connectivity index (χ3v) is 7.45. The summed E-state index contributed by atoms with van der Waals surface area (Å²) < 4.78 is 0.614. The standard InChI is InChI=1S/C24H28N4O2S2/c1-3-4-9-28-23(30)20(32-24(28)31)14-18-13-17-12-15(2)5-6-19(17)26-22(18)27-10-7-16(8-11-27)21(25)29/h5-6,12-14,16H,3-4,7-11H2,1-2H3,(H2,25,29)/b20-14-. The maximum atomic E-state index is 13.0. The van der Waals surface area contributed by atoms with Crippen LogP contribution < -0.4 is 10.6 Å². The predicted molar refractivity (Wildman–Crippen MR) is 135 cm³/mol. The quantitative estimate of drug-likeness (QED) is 0.504. The summed E-state index contributed by atoms with van der Waals surface area (Å²) in [6.45, 7) is 6.22. The van der Waals surface area contributed by atoms with Crippen molar-refractivity contribution in [1.29, 1.82) is 0 Å². The number of primary amides is 1. The Kier molecular flexibility index (Phi) is 6.81. The van der Waals surface area contributed by atoms with E-state index in [-0.39, 0.29) is 17.7 Å². The number of aromatic nitrogens is 1. The minimum atomic E-state index is -0.234. The monoisotopic (exact) mass is 468 g/mol. The van der Waals surface area contributed by atoms with E-state index < -0.39 is 0 Å². The highest BCUT2D eigenvalue weighted by atomic mass is 32.2. The highest BCUT2D eigenvalue weighted by Crippen LogP contribution is 2.36. The number of unbranched alkanes of at least 4 members (excludes halogenated alkanes) is 1. The Hall–Kier alpha value is -2.45. The number of benzene rings is 1. The van der Waals surface area contributed by atoms with E-state index in [4.69, 9.17) is 22.9 Å². The molecule has 2 saturated heterocycles. The lowest BCUT2D eigenvalue weighted by atomic mass is 9.96. The van der Waals surface area contributed by atoms with E-state index in [1.165, 1.54) is 11.8 Å². The first-order valence-corrected chi connectivity index (χ1v) is 12.3. The van der Waals surface area contributed by atoms with Crippen molar-refractivity contribution in [3.05, 3.63) is 40.3 Å². The number of carbonyl (C=O) groups is 2. The summed E-state index contributed by atoms with van der Waals surface area (Å²) in [5.74, 6) is 0.481. The van der Waals surface area contributed by atoms with Gasteiger partial charge in [-0.05, 0) is 50.5 Å². The number of nitrogens with zero attached hydrogens (tertiary/aromatic N) is 3. The first-order chi connectivity index (χ1) is 15.4. The van der Waals surface area contributed by atoms with Gasteiger partial charge in [0.2, 0.25) is 5.91 Å². The summed E-state index contributed by atoms with van der Waals surface area (Å²) in [7, 11) is 0. The maximum Gasteiger partial charge on any atom is 0.266 e. The van der Waals surface area contributed by atoms with E-state index in [0.717, 1.165) is 40.7 Å². The number of amides is 2. The van der Waals surface area contributed by atoms with Gasteiger partial charge in [-0.1, -0.05) is 49.0 Å². The highest BCUT2D eigenvalue weighted by Gasteiger charge is 2.32. The van der Waals surface area contributed by atoms with E-state index in [9.17, 15) is 9.59 Å². The lowest BCUT2D eigenvalue weighted by Crippen LogP contribution is -2.39. The van der Waals surface area contributed by atoms with Gasteiger partial charge in [0.05, 0.1) is 10.4 Å². The Balaban J connectivity index is 1.72. The van der Waals surface area contributed by atoms with Gasteiger partial charge in [0, 0.05) is 36.5 Å². The van der Waals surface area contributed by atoms with Crippen molar-refractivity contribution in [2.75, 3.05) is 24.5 Å². The van der Waals surface area contributed by atoms with E-state index in [1.807, 2.05) is 12.1 Å². The molecule has 2 fully saturated rings. The van der Waals surface area contributed by atoms with Gasteiger partial charge in [-0.3, -0.25) is 14.5 Å². The summed E-state index contributed by atoms with van der Waals surface area (Å²) in [5, 5.41) is 1.04. The number of pyridine rings is 1. The Morgan fingerprint density at radius 2 is 2.06 bits per heavy atom. The molecule has 168 valence electrons. The summed E-state index contributed by atoms with van der Waals surface area (Å²) in [4.78, 5) is 34.1. The second kappa shape index (κ2) is 9.58. The maximum absolute atomic E-state index is 13.0. The number of aryl methyl sites for hydroxylation is 1. The van der Waals surface area contributed by atoms with Crippen LogP contribution in [0.3, 0.4) is 0 Å². The molecule has 0 aliphatic carbocycles. The number of nitrogens with two attached hydrogens (primary N) is 1. The van der Waals surface area contributed by atoms with Crippen molar-refractivity contribution >= 4 is 62.9 Å². The molecular formula is C24H28N4O2S2. The average Bonchev–Trinajstić information content (AvgIpc) is 3.04. The summed E-state index contributed by atoms with van der Waals surface area (Å²) >= 11 is 6.83. The Bertz CT molecular complexity index is 1110. The van der Waals surface area contributed by atoms with Crippen molar-refractivity contribution in [2.24, 2.45) is 11.7 Å². The van der Waals surface area contributed by atoms with Crippen molar-refractivity contribution in [3.63, 3.8) is 0 Å². The van der Waals surface area contributed by atoms with Crippen LogP contribution in [0.5, 0.6) is 0 Å². The fourth-order valence-electron chi connectivity index (χ4n) is 4.19. The van der Waals surface area contributed by atoms with Crippen LogP contribution in [0.4, 0.5) is 5.82 Å². The minimum Gasteiger partial charge on any atom is -0.369 e. The van der Waals surface area contributed by atoms with Gasteiger partial charge < -0.3 is 10.6 Å². The summed E-state index contributed by atoms with van der Waals surface area (Å²) in [5.41, 5.74) is 8.49. The van der Waals surface area contributed by atoms with Crippen LogP contribution >= 0.6 is 24.0 Å². The van der Waals surface area contributed by atoms with Gasteiger partial charge in [-0.15, -0.1) is 0 Å². The molecule has 0 spiro atoms. The molecule has 6 nitrogen and oxygen atoms in total. The molecule has 8 heteroatoms. The molecule has 2 aliphatic heterocycles. The van der Waals surface area contributed by atoms with Crippen LogP contribution in [0.15, 0.2) is 29.2 Å². The highest BCUT2D eigenvalue weighted by molar-refractivity contribution is 8.26. The number of rotatable bonds is 6. The fraction of sp³-hybridized carbons (Fsp3) is 0.417. The number of hydrogen-bond acceptors (Lipinski definition) is 6. The second-order valence-electron chi connectivity index (χ2n) is 8.45. The largest absolute Gasteiger partial charge is 0.369 e. The van der Waals surface area contributed by atoms with Crippen molar-refractivity contribution in [2.45, 2.75) is 39.5 Å². The Labute approximate surface area is 198 Å². The molecular weight excluding hydrogens is 440 g/mol. The van der Waals surface area contributed by atoms with Crippen LogP contribution in [0.2, 0.25) is 0 Å². The van der Waals surface area contributed by atoms with E-state index in [2.05, 4.69) is 36.9 Å². The molecule has 4 rings (SSSR count). The molecule has 2 N–H and O–H groups in total. The Morgan fingerprint density at radius 1 is 1.31 bits per heavy atom. The molecule has 0 unspecified atom stereocenters. The molecule has 0 bridgehead atoms. The zero-order valence-corrected chi connectivity index (χ0v) is 20.1. The van der Waals surface area contributed by atoms with Crippen LogP contribution in [-0.2, 0) is 9.59 Å². The van der Waals surface area contributed by atoms with Gasteiger partial charge in [0.15, 0.2) is 0 Å². The first kappa shape index (κ1) is 22.7.